The summed E-state index contributed by atoms with van der Waals surface area (Å²) in [5.74, 6) is -0.217. The Labute approximate surface area is 112 Å². The lowest BCUT2D eigenvalue weighted by atomic mass is 10.1. The van der Waals surface area contributed by atoms with Crippen LogP contribution in [0.15, 0.2) is 61.1 Å². The molecule has 1 heterocycles. The molecule has 4 heteroatoms. The van der Waals surface area contributed by atoms with Crippen LogP contribution in [0.4, 0.5) is 0 Å². The Morgan fingerprint density at radius 3 is 2.53 bits per heavy atom. The summed E-state index contributed by atoms with van der Waals surface area (Å²) in [6.45, 7) is 1.97. The van der Waals surface area contributed by atoms with Crippen LogP contribution in [-0.4, -0.2) is 10.9 Å². The van der Waals surface area contributed by atoms with Gasteiger partial charge in [0.15, 0.2) is 0 Å². The molecule has 2 N–H and O–H groups in total. The smallest absolute Gasteiger partial charge is 0.271 e. The minimum Gasteiger partial charge on any atom is -0.305 e. The van der Waals surface area contributed by atoms with Crippen LogP contribution in [0.25, 0.3) is 5.57 Å². The number of hydrazine groups is 1. The summed E-state index contributed by atoms with van der Waals surface area (Å²) >= 11 is 0. The topological polar surface area (TPSA) is 54.0 Å². The molecule has 2 rings (SSSR count). The van der Waals surface area contributed by atoms with Crippen molar-refractivity contribution in [2.75, 3.05) is 0 Å². The van der Waals surface area contributed by atoms with Crippen molar-refractivity contribution in [1.82, 2.24) is 15.8 Å². The molecule has 0 spiro atoms. The van der Waals surface area contributed by atoms with E-state index < -0.39 is 0 Å². The molecule has 4 nitrogen and oxygen atoms in total. The fraction of sp³-hybridized carbons (Fsp3) is 0.0667. The molecule has 0 radical (unpaired) electrons. The highest BCUT2D eigenvalue weighted by Gasteiger charge is 2.02. The maximum Gasteiger partial charge on any atom is 0.271 e. The molecular weight excluding hydrogens is 238 g/mol. The molecule has 1 amide bonds. The molecule has 1 aromatic carbocycles. The quantitative estimate of drug-likeness (QED) is 0.822. The van der Waals surface area contributed by atoms with Gasteiger partial charge in [0.1, 0.15) is 0 Å². The molecule has 0 fully saturated rings. The van der Waals surface area contributed by atoms with Crippen LogP contribution in [0.1, 0.15) is 22.8 Å². The molecule has 96 valence electrons. The van der Waals surface area contributed by atoms with Crippen molar-refractivity contribution in [2.45, 2.75) is 6.92 Å². The van der Waals surface area contributed by atoms with E-state index in [9.17, 15) is 4.79 Å². The lowest BCUT2D eigenvalue weighted by Crippen LogP contribution is -2.33. The Morgan fingerprint density at radius 2 is 1.84 bits per heavy atom. The number of amides is 1. The maximum absolute atomic E-state index is 11.7. The molecule has 0 aliphatic rings. The van der Waals surface area contributed by atoms with Crippen LogP contribution in [-0.2, 0) is 0 Å². The Kier molecular flexibility index (Phi) is 4.29. The van der Waals surface area contributed by atoms with Crippen molar-refractivity contribution in [3.8, 4) is 0 Å². The fourth-order valence-corrected chi connectivity index (χ4v) is 1.56. The molecule has 2 aromatic rings. The summed E-state index contributed by atoms with van der Waals surface area (Å²) in [7, 11) is 0. The normalized spacial score (nSPS) is 10.9. The summed E-state index contributed by atoms with van der Waals surface area (Å²) in [4.78, 5) is 15.6. The fourth-order valence-electron chi connectivity index (χ4n) is 1.56. The van der Waals surface area contributed by atoms with Crippen molar-refractivity contribution in [3.05, 3.63) is 72.2 Å². The average molecular weight is 253 g/mol. The third-order valence-electron chi connectivity index (χ3n) is 2.63. The second kappa shape index (κ2) is 6.35. The van der Waals surface area contributed by atoms with Gasteiger partial charge in [0.25, 0.3) is 5.91 Å². The third-order valence-corrected chi connectivity index (χ3v) is 2.63. The molecular formula is C15H15N3O. The summed E-state index contributed by atoms with van der Waals surface area (Å²) < 4.78 is 0. The number of aromatic nitrogens is 1. The summed E-state index contributed by atoms with van der Waals surface area (Å²) in [6.07, 6.45) is 4.90. The molecule has 19 heavy (non-hydrogen) atoms. The van der Waals surface area contributed by atoms with Crippen LogP contribution in [0.5, 0.6) is 0 Å². The summed E-state index contributed by atoms with van der Waals surface area (Å²) in [5, 5.41) is 0. The van der Waals surface area contributed by atoms with Crippen LogP contribution in [0, 0.1) is 0 Å². The van der Waals surface area contributed by atoms with E-state index in [4.69, 9.17) is 0 Å². The minimum atomic E-state index is -0.217. The van der Waals surface area contributed by atoms with E-state index in [1.54, 1.807) is 24.5 Å². The molecule has 0 saturated carbocycles. The van der Waals surface area contributed by atoms with Crippen molar-refractivity contribution >= 4 is 11.5 Å². The van der Waals surface area contributed by atoms with Gasteiger partial charge in [-0.25, -0.2) is 0 Å². The number of nitrogens with one attached hydrogen (secondary N) is 2. The lowest BCUT2D eigenvalue weighted by molar-refractivity contribution is 0.0940. The van der Waals surface area contributed by atoms with Gasteiger partial charge in [-0.3, -0.25) is 15.2 Å². The Bertz CT molecular complexity index is 564. The SMILES string of the molecule is C/C(=C\NNC(=O)c1cccnc1)c1ccccc1. The van der Waals surface area contributed by atoms with Crippen molar-refractivity contribution in [1.29, 1.82) is 0 Å². The van der Waals surface area contributed by atoms with Gasteiger partial charge in [0, 0.05) is 18.6 Å². The number of benzene rings is 1. The van der Waals surface area contributed by atoms with E-state index in [-0.39, 0.29) is 5.91 Å². The second-order valence-corrected chi connectivity index (χ2v) is 4.03. The first-order valence-electron chi connectivity index (χ1n) is 5.95. The number of carbonyl (C=O) groups is 1. The zero-order valence-corrected chi connectivity index (χ0v) is 10.6. The third kappa shape index (κ3) is 3.67. The number of allylic oxidation sites excluding steroid dienone is 1. The van der Waals surface area contributed by atoms with Crippen molar-refractivity contribution in [3.63, 3.8) is 0 Å². The first kappa shape index (κ1) is 12.8. The monoisotopic (exact) mass is 253 g/mol. The van der Waals surface area contributed by atoms with Gasteiger partial charge in [-0.05, 0) is 30.2 Å². The highest BCUT2D eigenvalue weighted by atomic mass is 16.2. The maximum atomic E-state index is 11.7. The number of nitrogens with zero attached hydrogens (tertiary/aromatic N) is 1. The molecule has 0 unspecified atom stereocenters. The minimum absolute atomic E-state index is 0.217. The van der Waals surface area contributed by atoms with Crippen LogP contribution < -0.4 is 10.9 Å². The van der Waals surface area contributed by atoms with Crippen LogP contribution >= 0.6 is 0 Å². The largest absolute Gasteiger partial charge is 0.305 e. The van der Waals surface area contributed by atoms with Crippen molar-refractivity contribution < 1.29 is 4.79 Å². The first-order valence-corrected chi connectivity index (χ1v) is 5.95. The lowest BCUT2D eigenvalue weighted by Gasteiger charge is -2.06. The van der Waals surface area contributed by atoms with Gasteiger partial charge >= 0.3 is 0 Å². The predicted molar refractivity (Wildman–Crippen MR) is 74.9 cm³/mol. The van der Waals surface area contributed by atoms with Crippen LogP contribution in [0.3, 0.4) is 0 Å². The Hall–Kier alpha value is -2.62. The molecule has 0 aliphatic heterocycles. The van der Waals surface area contributed by atoms with E-state index in [2.05, 4.69) is 15.8 Å². The van der Waals surface area contributed by atoms with Crippen LogP contribution in [0.2, 0.25) is 0 Å². The van der Waals surface area contributed by atoms with E-state index in [0.717, 1.165) is 11.1 Å². The van der Waals surface area contributed by atoms with Gasteiger partial charge in [-0.15, -0.1) is 0 Å². The van der Waals surface area contributed by atoms with E-state index in [0.29, 0.717) is 5.56 Å². The Balaban J connectivity index is 1.92. The molecule has 0 aliphatic carbocycles. The van der Waals surface area contributed by atoms with Gasteiger partial charge in [0.2, 0.25) is 0 Å². The second-order valence-electron chi connectivity index (χ2n) is 4.03. The number of hydrogen-bond donors (Lipinski definition) is 2. The van der Waals surface area contributed by atoms with Gasteiger partial charge in [0.05, 0.1) is 5.56 Å². The van der Waals surface area contributed by atoms with E-state index >= 15 is 0 Å². The van der Waals surface area contributed by atoms with E-state index in [1.807, 2.05) is 37.3 Å². The first-order chi connectivity index (χ1) is 9.27. The van der Waals surface area contributed by atoms with Gasteiger partial charge in [-0.1, -0.05) is 30.3 Å². The number of pyridine rings is 1. The average Bonchev–Trinajstić information content (AvgIpc) is 2.49. The van der Waals surface area contributed by atoms with E-state index in [1.165, 1.54) is 6.20 Å². The molecule has 0 atom stereocenters. The summed E-state index contributed by atoms with van der Waals surface area (Å²) in [5.41, 5.74) is 8.04. The highest BCUT2D eigenvalue weighted by Crippen LogP contribution is 2.10. The predicted octanol–water partition coefficient (Wildman–Crippen LogP) is 2.38. The number of hydrogen-bond acceptors (Lipinski definition) is 3. The zero-order valence-electron chi connectivity index (χ0n) is 10.6. The van der Waals surface area contributed by atoms with Gasteiger partial charge < -0.3 is 5.43 Å². The molecule has 0 saturated heterocycles. The zero-order chi connectivity index (χ0) is 13.5. The molecule has 1 aromatic heterocycles. The number of carbonyl (C=O) groups excluding carboxylic acids is 1. The highest BCUT2D eigenvalue weighted by molar-refractivity contribution is 5.93. The van der Waals surface area contributed by atoms with Crippen molar-refractivity contribution in [2.24, 2.45) is 0 Å². The Morgan fingerprint density at radius 1 is 1.11 bits per heavy atom. The van der Waals surface area contributed by atoms with Gasteiger partial charge in [-0.2, -0.15) is 0 Å². The summed E-state index contributed by atoms with van der Waals surface area (Å²) in [6, 6.07) is 13.4. The molecule has 0 bridgehead atoms. The standard InChI is InChI=1S/C15H15N3O/c1-12(13-6-3-2-4-7-13)10-17-18-15(19)14-8-5-9-16-11-14/h2-11,17H,1H3,(H,18,19)/b12-10+. The number of rotatable bonds is 4.